The van der Waals surface area contributed by atoms with Crippen molar-refractivity contribution in [1.82, 2.24) is 9.78 Å². The number of hydrogen-bond donors (Lipinski definition) is 2. The smallest absolute Gasteiger partial charge is 0.262 e. The molecule has 0 aliphatic heterocycles. The summed E-state index contributed by atoms with van der Waals surface area (Å²) < 4.78 is 42.3. The number of sulfonamides is 1. The number of nitrogen functional groups attached to an aromatic ring is 1. The lowest BCUT2D eigenvalue weighted by Crippen LogP contribution is -2.15. The fourth-order valence-corrected chi connectivity index (χ4v) is 3.15. The van der Waals surface area contributed by atoms with E-state index in [9.17, 15) is 12.8 Å². The topological polar surface area (TPSA) is 90.0 Å². The molecule has 1 heterocycles. The zero-order chi connectivity index (χ0) is 15.8. The van der Waals surface area contributed by atoms with Gasteiger partial charge in [-0.25, -0.2) is 12.8 Å². The van der Waals surface area contributed by atoms with E-state index >= 15 is 0 Å². The van der Waals surface area contributed by atoms with E-state index in [1.807, 2.05) is 13.8 Å². The summed E-state index contributed by atoms with van der Waals surface area (Å²) in [7, 11) is -3.92. The lowest BCUT2D eigenvalue weighted by atomic mass is 10.2. The van der Waals surface area contributed by atoms with E-state index in [1.165, 1.54) is 19.2 Å². The van der Waals surface area contributed by atoms with Crippen LogP contribution in [-0.2, 0) is 10.0 Å². The molecule has 0 aliphatic carbocycles. The molecule has 114 valence electrons. The summed E-state index contributed by atoms with van der Waals surface area (Å²) in [6.07, 6.45) is 2.97. The van der Waals surface area contributed by atoms with Gasteiger partial charge in [-0.15, -0.1) is 0 Å². The second-order valence-corrected chi connectivity index (χ2v) is 6.68. The van der Waals surface area contributed by atoms with E-state index in [2.05, 4.69) is 9.82 Å². The van der Waals surface area contributed by atoms with Crippen LogP contribution in [0.3, 0.4) is 0 Å². The highest BCUT2D eigenvalue weighted by molar-refractivity contribution is 7.92. The van der Waals surface area contributed by atoms with Crippen LogP contribution in [0.5, 0.6) is 0 Å². The van der Waals surface area contributed by atoms with E-state index in [0.717, 1.165) is 6.07 Å². The van der Waals surface area contributed by atoms with Crippen molar-refractivity contribution in [3.63, 3.8) is 0 Å². The third-order valence-corrected chi connectivity index (χ3v) is 4.50. The molecule has 6 nitrogen and oxygen atoms in total. The van der Waals surface area contributed by atoms with Gasteiger partial charge in [-0.05, 0) is 32.9 Å². The Morgan fingerprint density at radius 1 is 1.38 bits per heavy atom. The van der Waals surface area contributed by atoms with Crippen molar-refractivity contribution in [3.05, 3.63) is 35.9 Å². The average Bonchev–Trinajstić information content (AvgIpc) is 2.81. The van der Waals surface area contributed by atoms with Crippen molar-refractivity contribution >= 4 is 21.4 Å². The molecule has 0 amide bonds. The molecule has 0 unspecified atom stereocenters. The summed E-state index contributed by atoms with van der Waals surface area (Å²) in [5.41, 5.74) is 5.90. The predicted octanol–water partition coefficient (Wildman–Crippen LogP) is 2.29. The van der Waals surface area contributed by atoms with E-state index in [4.69, 9.17) is 5.73 Å². The molecule has 1 aromatic heterocycles. The Morgan fingerprint density at radius 2 is 2.05 bits per heavy atom. The van der Waals surface area contributed by atoms with Crippen molar-refractivity contribution in [2.75, 3.05) is 10.5 Å². The fraction of sp³-hybridized carbons (Fsp3) is 0.308. The number of anilines is 2. The first-order valence-electron chi connectivity index (χ1n) is 6.33. The van der Waals surface area contributed by atoms with Crippen molar-refractivity contribution in [2.24, 2.45) is 0 Å². The van der Waals surface area contributed by atoms with Gasteiger partial charge >= 0.3 is 0 Å². The van der Waals surface area contributed by atoms with Crippen LogP contribution in [0.4, 0.5) is 15.8 Å². The minimum absolute atomic E-state index is 0.0213. The molecule has 8 heteroatoms. The Bertz CT molecular complexity index is 768. The Labute approximate surface area is 122 Å². The van der Waals surface area contributed by atoms with Crippen LogP contribution in [0.15, 0.2) is 29.4 Å². The number of nitrogens with two attached hydrogens (primary N) is 1. The number of aromatic nitrogens is 2. The maximum Gasteiger partial charge on any atom is 0.262 e. The van der Waals surface area contributed by atoms with Crippen LogP contribution >= 0.6 is 0 Å². The molecule has 0 saturated heterocycles. The first kappa shape index (κ1) is 15.3. The molecular formula is C13H17FN4O2S. The lowest BCUT2D eigenvalue weighted by Gasteiger charge is -2.10. The third kappa shape index (κ3) is 3.15. The summed E-state index contributed by atoms with van der Waals surface area (Å²) >= 11 is 0. The van der Waals surface area contributed by atoms with Crippen molar-refractivity contribution in [1.29, 1.82) is 0 Å². The quantitative estimate of drug-likeness (QED) is 0.848. The van der Waals surface area contributed by atoms with Gasteiger partial charge in [0.05, 0.1) is 16.8 Å². The van der Waals surface area contributed by atoms with Gasteiger partial charge in [0.2, 0.25) is 0 Å². The van der Waals surface area contributed by atoms with Crippen LogP contribution in [-0.4, -0.2) is 18.2 Å². The highest BCUT2D eigenvalue weighted by atomic mass is 32.2. The Hall–Kier alpha value is -2.09. The predicted molar refractivity (Wildman–Crippen MR) is 79.0 cm³/mol. The molecule has 1 aromatic carbocycles. The fourth-order valence-electron chi connectivity index (χ4n) is 1.84. The first-order valence-corrected chi connectivity index (χ1v) is 7.81. The number of hydrogen-bond acceptors (Lipinski definition) is 4. The van der Waals surface area contributed by atoms with Gasteiger partial charge in [-0.3, -0.25) is 9.40 Å². The Balaban J connectivity index is 2.38. The van der Waals surface area contributed by atoms with Crippen molar-refractivity contribution in [2.45, 2.75) is 31.7 Å². The Kier molecular flexibility index (Phi) is 3.91. The van der Waals surface area contributed by atoms with Crippen LogP contribution in [0.25, 0.3) is 0 Å². The number of benzene rings is 1. The zero-order valence-corrected chi connectivity index (χ0v) is 12.8. The SMILES string of the molecule is Cc1c(F)cc(N)cc1S(=O)(=O)Nc1cnn(C(C)C)c1. The van der Waals surface area contributed by atoms with Gasteiger partial charge in [0.15, 0.2) is 0 Å². The maximum absolute atomic E-state index is 13.6. The molecule has 0 bridgehead atoms. The largest absolute Gasteiger partial charge is 0.399 e. The molecule has 3 N–H and O–H groups in total. The van der Waals surface area contributed by atoms with Gasteiger partial charge in [-0.2, -0.15) is 5.10 Å². The normalized spacial score (nSPS) is 11.9. The monoisotopic (exact) mass is 312 g/mol. The molecule has 0 radical (unpaired) electrons. The Morgan fingerprint density at radius 3 is 2.62 bits per heavy atom. The van der Waals surface area contributed by atoms with Crippen molar-refractivity contribution < 1.29 is 12.8 Å². The molecule has 0 aliphatic rings. The second-order valence-electron chi connectivity index (χ2n) is 5.03. The molecule has 21 heavy (non-hydrogen) atoms. The van der Waals surface area contributed by atoms with Crippen LogP contribution in [0, 0.1) is 12.7 Å². The average molecular weight is 312 g/mol. The standard InChI is InChI=1S/C13H17FN4O2S/c1-8(2)18-7-11(6-16-18)17-21(19,20)13-5-10(15)4-12(14)9(13)3/h4-8,17H,15H2,1-3H3. The molecule has 0 saturated carbocycles. The van der Waals surface area contributed by atoms with E-state index in [0.29, 0.717) is 5.69 Å². The highest BCUT2D eigenvalue weighted by Gasteiger charge is 2.20. The summed E-state index contributed by atoms with van der Waals surface area (Å²) in [5, 5.41) is 4.04. The maximum atomic E-state index is 13.6. The summed E-state index contributed by atoms with van der Waals surface area (Å²) in [5.74, 6) is -0.659. The van der Waals surface area contributed by atoms with Crippen LogP contribution < -0.4 is 10.5 Å². The summed E-state index contributed by atoms with van der Waals surface area (Å²) in [4.78, 5) is -0.183. The molecule has 0 spiro atoms. The van der Waals surface area contributed by atoms with E-state index < -0.39 is 15.8 Å². The van der Waals surface area contributed by atoms with E-state index in [-0.39, 0.29) is 22.2 Å². The highest BCUT2D eigenvalue weighted by Crippen LogP contribution is 2.24. The number of nitrogens with one attached hydrogen (secondary N) is 1. The van der Waals surface area contributed by atoms with Gasteiger partial charge in [0.1, 0.15) is 5.82 Å². The molecule has 0 atom stereocenters. The number of halogens is 1. The summed E-state index contributed by atoms with van der Waals surface area (Å²) in [6, 6.07) is 2.42. The van der Waals surface area contributed by atoms with E-state index in [1.54, 1.807) is 10.9 Å². The first-order chi connectivity index (χ1) is 9.70. The molecule has 2 rings (SSSR count). The van der Waals surface area contributed by atoms with Crippen LogP contribution in [0.2, 0.25) is 0 Å². The van der Waals surface area contributed by atoms with Gasteiger partial charge < -0.3 is 5.73 Å². The van der Waals surface area contributed by atoms with Gasteiger partial charge in [-0.1, -0.05) is 0 Å². The molecule has 0 fully saturated rings. The minimum Gasteiger partial charge on any atom is -0.399 e. The van der Waals surface area contributed by atoms with Crippen LogP contribution in [0.1, 0.15) is 25.5 Å². The minimum atomic E-state index is -3.92. The second kappa shape index (κ2) is 5.36. The number of rotatable bonds is 4. The molecular weight excluding hydrogens is 295 g/mol. The lowest BCUT2D eigenvalue weighted by molar-refractivity contribution is 0.532. The summed E-state index contributed by atoms with van der Waals surface area (Å²) in [6.45, 7) is 5.23. The van der Waals surface area contributed by atoms with Gasteiger partial charge in [0.25, 0.3) is 10.0 Å². The number of nitrogens with zero attached hydrogens (tertiary/aromatic N) is 2. The van der Waals surface area contributed by atoms with Gasteiger partial charge in [0, 0.05) is 23.5 Å². The zero-order valence-electron chi connectivity index (χ0n) is 12.0. The molecule has 2 aromatic rings. The third-order valence-electron chi connectivity index (χ3n) is 2.99. The van der Waals surface area contributed by atoms with Crippen molar-refractivity contribution in [3.8, 4) is 0 Å².